The molecule has 1 aromatic heterocycles. The Kier molecular flexibility index (Phi) is 5.55. The van der Waals surface area contributed by atoms with Gasteiger partial charge in [0, 0.05) is 19.2 Å². The molecule has 0 aliphatic carbocycles. The lowest BCUT2D eigenvalue weighted by Crippen LogP contribution is -2.36. The highest BCUT2D eigenvalue weighted by molar-refractivity contribution is 5.72. The van der Waals surface area contributed by atoms with Gasteiger partial charge in [-0.3, -0.25) is 4.90 Å². The first-order valence-electron chi connectivity index (χ1n) is 6.90. The van der Waals surface area contributed by atoms with E-state index in [1.54, 1.807) is 0 Å². The first-order valence-corrected chi connectivity index (χ1v) is 6.90. The minimum atomic E-state index is -4.34. The molecule has 0 radical (unpaired) electrons. The van der Waals surface area contributed by atoms with Crippen LogP contribution in [0.25, 0.3) is 11.1 Å². The second-order valence-corrected chi connectivity index (χ2v) is 5.16. The maximum absolute atomic E-state index is 13.1. The molecule has 0 saturated carbocycles. The number of aromatic nitrogens is 1. The molecule has 1 heterocycles. The summed E-state index contributed by atoms with van der Waals surface area (Å²) in [6.45, 7) is -1.21. The lowest BCUT2D eigenvalue weighted by molar-refractivity contribution is -0.139. The predicted octanol–water partition coefficient (Wildman–Crippen LogP) is 2.07. The summed E-state index contributed by atoms with van der Waals surface area (Å²) in [6, 6.07) is 3.73. The van der Waals surface area contributed by atoms with Gasteiger partial charge in [0.2, 0.25) is 5.89 Å². The number of rotatable bonds is 7. The van der Waals surface area contributed by atoms with E-state index >= 15 is 0 Å². The fourth-order valence-electron chi connectivity index (χ4n) is 2.08. The van der Waals surface area contributed by atoms with Gasteiger partial charge in [0.25, 0.3) is 0 Å². The van der Waals surface area contributed by atoms with Crippen molar-refractivity contribution in [2.75, 3.05) is 19.7 Å². The van der Waals surface area contributed by atoms with Crippen LogP contribution in [0.4, 0.5) is 17.6 Å². The van der Waals surface area contributed by atoms with Gasteiger partial charge in [-0.1, -0.05) is 0 Å². The molecule has 0 bridgehead atoms. The van der Waals surface area contributed by atoms with Crippen LogP contribution in [-0.4, -0.2) is 52.1 Å². The monoisotopic (exact) mass is 336 g/mol. The van der Waals surface area contributed by atoms with Crippen molar-refractivity contribution in [2.24, 2.45) is 0 Å². The van der Waals surface area contributed by atoms with Crippen LogP contribution >= 0.6 is 0 Å². The Morgan fingerprint density at radius 3 is 2.70 bits per heavy atom. The first kappa shape index (κ1) is 17.6. The van der Waals surface area contributed by atoms with Crippen molar-refractivity contribution >= 4 is 11.1 Å². The summed E-state index contributed by atoms with van der Waals surface area (Å²) >= 11 is 0. The fourth-order valence-corrected chi connectivity index (χ4v) is 2.08. The first-order chi connectivity index (χ1) is 10.8. The maximum Gasteiger partial charge on any atom is 0.390 e. The number of fused-ring (bicyclic) bond motifs is 1. The van der Waals surface area contributed by atoms with E-state index in [0.717, 1.165) is 6.07 Å². The molecule has 0 aliphatic heterocycles. The topological polar surface area (TPSA) is 69.7 Å². The molecular weight excluding hydrogens is 320 g/mol. The summed E-state index contributed by atoms with van der Waals surface area (Å²) in [5, 5.41) is 18.3. The average Bonchev–Trinajstić information content (AvgIpc) is 2.85. The average molecular weight is 336 g/mol. The van der Waals surface area contributed by atoms with Crippen LogP contribution in [0.1, 0.15) is 12.3 Å². The largest absolute Gasteiger partial charge is 0.439 e. The molecule has 0 spiro atoms. The van der Waals surface area contributed by atoms with Crippen LogP contribution in [-0.2, 0) is 6.54 Å². The van der Waals surface area contributed by atoms with Gasteiger partial charge in [-0.15, -0.1) is 0 Å². The number of nitrogens with zero attached hydrogens (tertiary/aromatic N) is 2. The molecule has 5 nitrogen and oxygen atoms in total. The zero-order chi connectivity index (χ0) is 17.0. The van der Waals surface area contributed by atoms with Gasteiger partial charge in [-0.2, -0.15) is 13.2 Å². The van der Waals surface area contributed by atoms with Gasteiger partial charge in [-0.25, -0.2) is 9.37 Å². The summed E-state index contributed by atoms with van der Waals surface area (Å²) in [6.07, 6.45) is -6.59. The molecule has 2 N–H and O–H groups in total. The summed E-state index contributed by atoms with van der Waals surface area (Å²) < 4.78 is 55.6. The molecule has 0 unspecified atom stereocenters. The normalized spacial score (nSPS) is 13.9. The van der Waals surface area contributed by atoms with Crippen molar-refractivity contribution in [1.29, 1.82) is 0 Å². The third-order valence-electron chi connectivity index (χ3n) is 3.14. The number of benzene rings is 1. The third-order valence-corrected chi connectivity index (χ3v) is 3.14. The molecule has 0 fully saturated rings. The number of aliphatic hydroxyl groups is 2. The van der Waals surface area contributed by atoms with Crippen LogP contribution in [0.3, 0.4) is 0 Å². The van der Waals surface area contributed by atoms with Crippen molar-refractivity contribution in [3.63, 3.8) is 0 Å². The quantitative estimate of drug-likeness (QED) is 0.758. The van der Waals surface area contributed by atoms with E-state index in [4.69, 9.17) is 9.52 Å². The zero-order valence-electron chi connectivity index (χ0n) is 12.1. The van der Waals surface area contributed by atoms with Gasteiger partial charge in [0.15, 0.2) is 5.58 Å². The van der Waals surface area contributed by atoms with Gasteiger partial charge >= 0.3 is 6.18 Å². The SMILES string of the molecule is OC[C@@H](O)CN(CCC(F)(F)F)Cc1nc2cc(F)ccc2o1. The number of halogens is 4. The minimum Gasteiger partial charge on any atom is -0.439 e. The van der Waals surface area contributed by atoms with Gasteiger partial charge in [0.1, 0.15) is 11.3 Å². The van der Waals surface area contributed by atoms with E-state index in [1.807, 2.05) is 0 Å². The lowest BCUT2D eigenvalue weighted by atomic mass is 10.3. The summed E-state index contributed by atoms with van der Waals surface area (Å²) in [7, 11) is 0. The molecular formula is C14H16F4N2O3. The molecule has 1 aromatic carbocycles. The Morgan fingerprint density at radius 2 is 2.04 bits per heavy atom. The van der Waals surface area contributed by atoms with Crippen LogP contribution in [0.2, 0.25) is 0 Å². The Morgan fingerprint density at radius 1 is 1.30 bits per heavy atom. The van der Waals surface area contributed by atoms with E-state index in [1.165, 1.54) is 17.0 Å². The van der Waals surface area contributed by atoms with Crippen molar-refractivity contribution in [2.45, 2.75) is 25.2 Å². The molecule has 2 aromatic rings. The fraction of sp³-hybridized carbons (Fsp3) is 0.500. The van der Waals surface area contributed by atoms with E-state index in [-0.39, 0.29) is 31.0 Å². The standard InChI is InChI=1S/C14H16F4N2O3/c15-9-1-2-12-11(5-9)19-13(23-12)7-20(6-10(22)8-21)4-3-14(16,17)18/h1-2,5,10,21-22H,3-4,6-8H2/t10-/m0/s1. The second-order valence-electron chi connectivity index (χ2n) is 5.16. The number of aliphatic hydroxyl groups excluding tert-OH is 2. The van der Waals surface area contributed by atoms with Gasteiger partial charge < -0.3 is 14.6 Å². The minimum absolute atomic E-state index is 0.0938. The summed E-state index contributed by atoms with van der Waals surface area (Å²) in [4.78, 5) is 5.29. The lowest BCUT2D eigenvalue weighted by Gasteiger charge is -2.23. The van der Waals surface area contributed by atoms with Gasteiger partial charge in [-0.05, 0) is 12.1 Å². The molecule has 9 heteroatoms. The van der Waals surface area contributed by atoms with Crippen LogP contribution in [0.15, 0.2) is 22.6 Å². The Hall–Kier alpha value is -1.71. The van der Waals surface area contributed by atoms with Crippen molar-refractivity contribution in [3.05, 3.63) is 29.9 Å². The highest BCUT2D eigenvalue weighted by Gasteiger charge is 2.28. The highest BCUT2D eigenvalue weighted by atomic mass is 19.4. The number of oxazole rings is 1. The second kappa shape index (κ2) is 7.24. The molecule has 1 atom stereocenters. The predicted molar refractivity (Wildman–Crippen MR) is 73.0 cm³/mol. The van der Waals surface area contributed by atoms with Crippen molar-refractivity contribution in [3.8, 4) is 0 Å². The molecule has 0 amide bonds. The Balaban J connectivity index is 2.10. The smallest absolute Gasteiger partial charge is 0.390 e. The Labute approximate surface area is 129 Å². The molecule has 23 heavy (non-hydrogen) atoms. The van der Waals surface area contributed by atoms with E-state index in [2.05, 4.69) is 4.98 Å². The number of alkyl halides is 3. The zero-order valence-corrected chi connectivity index (χ0v) is 12.1. The van der Waals surface area contributed by atoms with Crippen LogP contribution in [0.5, 0.6) is 0 Å². The van der Waals surface area contributed by atoms with Gasteiger partial charge in [0.05, 0.1) is 25.7 Å². The third kappa shape index (κ3) is 5.45. The molecule has 0 aliphatic rings. The maximum atomic E-state index is 13.1. The van der Waals surface area contributed by atoms with Crippen molar-refractivity contribution < 1.29 is 32.2 Å². The van der Waals surface area contributed by atoms with Crippen molar-refractivity contribution in [1.82, 2.24) is 9.88 Å². The molecule has 2 rings (SSSR count). The van der Waals surface area contributed by atoms with E-state index in [0.29, 0.717) is 5.58 Å². The summed E-state index contributed by atoms with van der Waals surface area (Å²) in [5.74, 6) is -0.389. The molecule has 128 valence electrons. The molecule has 0 saturated heterocycles. The van der Waals surface area contributed by atoms with Crippen LogP contribution < -0.4 is 0 Å². The number of hydrogen-bond donors (Lipinski definition) is 2. The number of hydrogen-bond acceptors (Lipinski definition) is 5. The Bertz CT molecular complexity index is 644. The van der Waals surface area contributed by atoms with E-state index < -0.39 is 31.1 Å². The summed E-state index contributed by atoms with van der Waals surface area (Å²) in [5.41, 5.74) is 0.582. The van der Waals surface area contributed by atoms with Crippen LogP contribution in [0, 0.1) is 5.82 Å². The highest BCUT2D eigenvalue weighted by Crippen LogP contribution is 2.22. The van der Waals surface area contributed by atoms with E-state index in [9.17, 15) is 22.7 Å².